The lowest BCUT2D eigenvalue weighted by Gasteiger charge is -2.22. The van der Waals surface area contributed by atoms with Gasteiger partial charge in [-0.2, -0.15) is 0 Å². The van der Waals surface area contributed by atoms with E-state index < -0.39 is 17.6 Å². The van der Waals surface area contributed by atoms with Crippen LogP contribution in [-0.4, -0.2) is 12.1 Å². The Labute approximate surface area is 199 Å². The second-order valence-corrected chi connectivity index (χ2v) is 8.59. The molecule has 0 fully saturated rings. The van der Waals surface area contributed by atoms with Gasteiger partial charge in [0.25, 0.3) is 0 Å². The molecule has 0 aliphatic rings. The first-order valence-electron chi connectivity index (χ1n) is 11.2. The maximum Gasteiger partial charge on any atom is 0.127 e. The third-order valence-electron chi connectivity index (χ3n) is 6.08. The van der Waals surface area contributed by atoms with Crippen molar-refractivity contribution in [2.24, 2.45) is 0 Å². The molecule has 4 aromatic rings. The molecule has 34 heavy (non-hydrogen) atoms. The Bertz CT molecular complexity index is 1300. The predicted octanol–water partition coefficient (Wildman–Crippen LogP) is 7.09. The van der Waals surface area contributed by atoms with Crippen LogP contribution in [0.25, 0.3) is 0 Å². The first-order valence-corrected chi connectivity index (χ1v) is 11.2. The molecule has 1 atom stereocenters. The number of methoxy groups -OCH3 is 1. The first-order chi connectivity index (χ1) is 16.4. The van der Waals surface area contributed by atoms with E-state index in [1.807, 2.05) is 69.3 Å². The molecule has 0 amide bonds. The van der Waals surface area contributed by atoms with Crippen molar-refractivity contribution in [2.75, 3.05) is 12.4 Å². The van der Waals surface area contributed by atoms with Crippen LogP contribution in [0.3, 0.4) is 0 Å². The number of nitrogens with one attached hydrogen (secondary N) is 1. The van der Waals surface area contributed by atoms with Crippen molar-refractivity contribution in [2.45, 2.75) is 33.2 Å². The van der Waals surface area contributed by atoms with E-state index in [4.69, 9.17) is 4.74 Å². The summed E-state index contributed by atoms with van der Waals surface area (Å²) in [5, 5.41) is 3.36. The summed E-state index contributed by atoms with van der Waals surface area (Å²) in [7, 11) is 1.66. The number of anilines is 1. The Kier molecular flexibility index (Phi) is 6.92. The Morgan fingerprint density at radius 1 is 0.853 bits per heavy atom. The van der Waals surface area contributed by atoms with Crippen molar-refractivity contribution in [3.63, 3.8) is 0 Å². The molecular weight excluding hydrogens is 430 g/mol. The van der Waals surface area contributed by atoms with E-state index in [0.29, 0.717) is 17.9 Å². The summed E-state index contributed by atoms with van der Waals surface area (Å²) in [6.45, 7) is 6.49. The fraction of sp³-hybridized carbons (Fsp3) is 0.207. The largest absolute Gasteiger partial charge is 0.496 e. The van der Waals surface area contributed by atoms with Crippen molar-refractivity contribution >= 4 is 5.82 Å². The molecule has 0 aliphatic carbocycles. The van der Waals surface area contributed by atoms with Gasteiger partial charge in [-0.1, -0.05) is 42.0 Å². The Balaban J connectivity index is 1.72. The average molecular weight is 459 g/mol. The summed E-state index contributed by atoms with van der Waals surface area (Å²) in [5.41, 5.74) is 6.18. The molecule has 1 heterocycles. The zero-order valence-corrected chi connectivity index (χ0v) is 19.8. The summed E-state index contributed by atoms with van der Waals surface area (Å²) in [6.07, 6.45) is 1.77. The van der Waals surface area contributed by atoms with Gasteiger partial charge in [0.1, 0.15) is 23.2 Å². The van der Waals surface area contributed by atoms with E-state index in [0.717, 1.165) is 45.2 Å². The van der Waals surface area contributed by atoms with Crippen LogP contribution in [-0.2, 0) is 6.54 Å². The smallest absolute Gasteiger partial charge is 0.127 e. The van der Waals surface area contributed by atoms with Gasteiger partial charge >= 0.3 is 0 Å². The standard InChI is InChI=1S/C29H28F2N2O/c1-18-5-9-22(10-6-18)29(25-14-23(30)11-12-26(25)31)24-15-28(32-16-20(24)3)33-17-21-8-7-19(2)27(13-21)34-4/h5-16,29H,17H2,1-4H3,(H,32,33). The molecule has 3 nitrogen and oxygen atoms in total. The first kappa shape index (κ1) is 23.4. The molecule has 1 N–H and O–H groups in total. The van der Waals surface area contributed by atoms with Crippen LogP contribution < -0.4 is 10.1 Å². The third-order valence-corrected chi connectivity index (χ3v) is 6.08. The fourth-order valence-corrected chi connectivity index (χ4v) is 4.14. The number of hydrogen-bond acceptors (Lipinski definition) is 3. The van der Waals surface area contributed by atoms with E-state index >= 15 is 0 Å². The summed E-state index contributed by atoms with van der Waals surface area (Å²) in [5.74, 6) is 0.114. The summed E-state index contributed by atoms with van der Waals surface area (Å²) in [4.78, 5) is 4.53. The molecule has 1 aromatic heterocycles. The molecule has 1 unspecified atom stereocenters. The van der Waals surface area contributed by atoms with Crippen molar-refractivity contribution in [3.05, 3.63) is 124 Å². The normalized spacial score (nSPS) is 11.8. The van der Waals surface area contributed by atoms with Gasteiger partial charge in [0, 0.05) is 24.2 Å². The van der Waals surface area contributed by atoms with E-state index in [9.17, 15) is 8.78 Å². The molecule has 0 aliphatic heterocycles. The molecule has 0 saturated heterocycles. The van der Waals surface area contributed by atoms with Crippen LogP contribution >= 0.6 is 0 Å². The highest BCUT2D eigenvalue weighted by molar-refractivity contribution is 5.51. The molecule has 174 valence electrons. The number of hydrogen-bond donors (Lipinski definition) is 1. The Morgan fingerprint density at radius 3 is 2.35 bits per heavy atom. The second kappa shape index (κ2) is 10.0. The van der Waals surface area contributed by atoms with Crippen molar-refractivity contribution in [3.8, 4) is 5.75 Å². The molecule has 5 heteroatoms. The minimum atomic E-state index is -0.473. The fourth-order valence-electron chi connectivity index (χ4n) is 4.14. The summed E-state index contributed by atoms with van der Waals surface area (Å²) < 4.78 is 34.6. The molecule has 0 bridgehead atoms. The van der Waals surface area contributed by atoms with Crippen LogP contribution in [0.2, 0.25) is 0 Å². The highest BCUT2D eigenvalue weighted by Crippen LogP contribution is 2.36. The number of aromatic nitrogens is 1. The number of ether oxygens (including phenoxy) is 1. The molecule has 0 spiro atoms. The summed E-state index contributed by atoms with van der Waals surface area (Å²) in [6, 6.07) is 19.5. The van der Waals surface area contributed by atoms with Crippen LogP contribution in [0.15, 0.2) is 72.9 Å². The quantitative estimate of drug-likeness (QED) is 0.321. The maximum atomic E-state index is 15.0. The highest BCUT2D eigenvalue weighted by atomic mass is 19.1. The van der Waals surface area contributed by atoms with E-state index in [-0.39, 0.29) is 0 Å². The minimum absolute atomic E-state index is 0.298. The number of halogens is 2. The predicted molar refractivity (Wildman–Crippen MR) is 133 cm³/mol. The van der Waals surface area contributed by atoms with Crippen molar-refractivity contribution in [1.82, 2.24) is 4.98 Å². The third kappa shape index (κ3) is 5.09. The minimum Gasteiger partial charge on any atom is -0.496 e. The lowest BCUT2D eigenvalue weighted by molar-refractivity contribution is 0.411. The second-order valence-electron chi connectivity index (χ2n) is 8.59. The lowest BCUT2D eigenvalue weighted by Crippen LogP contribution is -2.10. The number of benzene rings is 3. The average Bonchev–Trinajstić information content (AvgIpc) is 2.83. The molecule has 0 radical (unpaired) electrons. The van der Waals surface area contributed by atoms with Gasteiger partial charge in [0.2, 0.25) is 0 Å². The zero-order chi connectivity index (χ0) is 24.2. The van der Waals surface area contributed by atoms with Crippen molar-refractivity contribution < 1.29 is 13.5 Å². The van der Waals surface area contributed by atoms with Crippen LogP contribution in [0.5, 0.6) is 5.75 Å². The molecule has 3 aromatic carbocycles. The monoisotopic (exact) mass is 458 g/mol. The number of pyridine rings is 1. The van der Waals surface area contributed by atoms with E-state index in [1.54, 1.807) is 13.3 Å². The van der Waals surface area contributed by atoms with Gasteiger partial charge in [-0.15, -0.1) is 0 Å². The zero-order valence-electron chi connectivity index (χ0n) is 19.8. The topological polar surface area (TPSA) is 34.1 Å². The van der Waals surface area contributed by atoms with Crippen LogP contribution in [0.1, 0.15) is 44.9 Å². The van der Waals surface area contributed by atoms with Crippen LogP contribution in [0.4, 0.5) is 14.6 Å². The SMILES string of the molecule is COc1cc(CNc2cc(C(c3ccc(C)cc3)c3cc(F)ccc3F)c(C)cn2)ccc1C. The van der Waals surface area contributed by atoms with Gasteiger partial charge < -0.3 is 10.1 Å². The lowest BCUT2D eigenvalue weighted by atomic mass is 9.83. The van der Waals surface area contributed by atoms with E-state index in [1.165, 1.54) is 12.1 Å². The van der Waals surface area contributed by atoms with Gasteiger partial charge in [0.15, 0.2) is 0 Å². The summed E-state index contributed by atoms with van der Waals surface area (Å²) >= 11 is 0. The Morgan fingerprint density at radius 2 is 1.62 bits per heavy atom. The number of nitrogens with zero attached hydrogens (tertiary/aromatic N) is 1. The maximum absolute atomic E-state index is 15.0. The molecule has 0 saturated carbocycles. The molecule has 4 rings (SSSR count). The van der Waals surface area contributed by atoms with Crippen molar-refractivity contribution in [1.29, 1.82) is 0 Å². The van der Waals surface area contributed by atoms with Gasteiger partial charge in [-0.3, -0.25) is 0 Å². The highest BCUT2D eigenvalue weighted by Gasteiger charge is 2.23. The number of aryl methyl sites for hydroxylation is 3. The molecular formula is C29H28F2N2O. The van der Waals surface area contributed by atoms with Gasteiger partial charge in [0.05, 0.1) is 7.11 Å². The van der Waals surface area contributed by atoms with Gasteiger partial charge in [-0.05, 0) is 78.9 Å². The van der Waals surface area contributed by atoms with E-state index in [2.05, 4.69) is 10.3 Å². The number of rotatable bonds is 7. The van der Waals surface area contributed by atoms with Gasteiger partial charge in [-0.25, -0.2) is 13.8 Å². The van der Waals surface area contributed by atoms with Crippen LogP contribution in [0, 0.1) is 32.4 Å². The Hall–Kier alpha value is -3.73.